The van der Waals surface area contributed by atoms with Gasteiger partial charge < -0.3 is 15.2 Å². The zero-order valence-electron chi connectivity index (χ0n) is 19.1. The minimum absolute atomic E-state index is 0.244. The lowest BCUT2D eigenvalue weighted by atomic mass is 10.1. The van der Waals surface area contributed by atoms with Crippen molar-refractivity contribution in [2.24, 2.45) is 0 Å². The molecule has 0 unspecified atom stereocenters. The fraction of sp³-hybridized carbons (Fsp3) is 0.143. The van der Waals surface area contributed by atoms with Crippen LogP contribution in [0.4, 0.5) is 10.2 Å². The summed E-state index contributed by atoms with van der Waals surface area (Å²) < 4.78 is 15.6. The third-order valence-corrected chi connectivity index (χ3v) is 6.11. The first-order valence-corrected chi connectivity index (χ1v) is 11.9. The molecule has 3 aromatic carbocycles. The van der Waals surface area contributed by atoms with Gasteiger partial charge in [0.05, 0.1) is 22.4 Å². The molecule has 5 nitrogen and oxygen atoms in total. The Morgan fingerprint density at radius 2 is 1.71 bits per heavy atom. The van der Waals surface area contributed by atoms with Crippen molar-refractivity contribution >= 4 is 28.5 Å². The van der Waals surface area contributed by atoms with Gasteiger partial charge in [-0.05, 0) is 47.0 Å². The quantitative estimate of drug-likeness (QED) is 0.246. The van der Waals surface area contributed by atoms with Crippen molar-refractivity contribution < 1.29 is 4.39 Å². The number of pyridine rings is 1. The molecule has 0 aliphatic rings. The number of hydrogen-bond acceptors (Lipinski definition) is 4. The van der Waals surface area contributed by atoms with Crippen LogP contribution in [0.15, 0.2) is 91.4 Å². The summed E-state index contributed by atoms with van der Waals surface area (Å²) in [7, 11) is 0. The lowest BCUT2D eigenvalue weighted by Crippen LogP contribution is -2.22. The van der Waals surface area contributed by atoms with Crippen LogP contribution < -0.4 is 10.6 Å². The molecule has 2 heterocycles. The van der Waals surface area contributed by atoms with E-state index in [1.54, 1.807) is 24.7 Å². The second-order valence-electron chi connectivity index (χ2n) is 8.34. The summed E-state index contributed by atoms with van der Waals surface area (Å²) in [6.45, 7) is 2.90. The van der Waals surface area contributed by atoms with Gasteiger partial charge in [0, 0.05) is 37.9 Å². The molecule has 0 bridgehead atoms. The summed E-state index contributed by atoms with van der Waals surface area (Å²) in [4.78, 5) is 8.93. The Bertz CT molecular complexity index is 1430. The summed E-state index contributed by atoms with van der Waals surface area (Å²) in [5.41, 5.74) is 5.82. The Hall–Kier alpha value is -3.74. The summed E-state index contributed by atoms with van der Waals surface area (Å²) >= 11 is 6.53. The Labute approximate surface area is 208 Å². The Morgan fingerprint density at radius 1 is 0.857 bits per heavy atom. The van der Waals surface area contributed by atoms with E-state index in [0.717, 1.165) is 53.2 Å². The molecular formula is C28H25ClFN5. The number of rotatable bonds is 9. The highest BCUT2D eigenvalue weighted by atomic mass is 35.5. The van der Waals surface area contributed by atoms with Gasteiger partial charge in [0.2, 0.25) is 0 Å². The van der Waals surface area contributed by atoms with Gasteiger partial charge in [-0.2, -0.15) is 0 Å². The molecule has 5 rings (SSSR count). The number of imidazole rings is 1. The van der Waals surface area contributed by atoms with Crippen LogP contribution in [0.5, 0.6) is 0 Å². The zero-order chi connectivity index (χ0) is 24.0. The maximum atomic E-state index is 13.6. The third kappa shape index (κ3) is 5.67. The van der Waals surface area contributed by atoms with E-state index in [2.05, 4.69) is 38.8 Å². The van der Waals surface area contributed by atoms with E-state index in [-0.39, 0.29) is 5.82 Å². The molecule has 2 aromatic heterocycles. The average molecular weight is 486 g/mol. The molecule has 0 saturated heterocycles. The van der Waals surface area contributed by atoms with Crippen LogP contribution in [-0.2, 0) is 13.1 Å². The average Bonchev–Trinajstić information content (AvgIpc) is 3.27. The number of halogens is 2. The number of nitrogens with zero attached hydrogens (tertiary/aromatic N) is 3. The fourth-order valence-electron chi connectivity index (χ4n) is 4.05. The van der Waals surface area contributed by atoms with Crippen molar-refractivity contribution in [3.63, 3.8) is 0 Å². The summed E-state index contributed by atoms with van der Waals surface area (Å²) in [6.07, 6.45) is 3.45. The first-order chi connectivity index (χ1) is 17.2. The molecule has 5 aromatic rings. The number of benzene rings is 3. The summed E-state index contributed by atoms with van der Waals surface area (Å²) in [6, 6.07) is 24.9. The van der Waals surface area contributed by atoms with Crippen LogP contribution in [0.1, 0.15) is 11.1 Å². The highest BCUT2D eigenvalue weighted by Crippen LogP contribution is 2.31. The van der Waals surface area contributed by atoms with Crippen molar-refractivity contribution in [2.75, 3.05) is 18.4 Å². The lowest BCUT2D eigenvalue weighted by molar-refractivity contribution is 0.624. The molecule has 0 spiro atoms. The molecule has 0 saturated carbocycles. The van der Waals surface area contributed by atoms with Crippen LogP contribution in [0.2, 0.25) is 5.02 Å². The van der Waals surface area contributed by atoms with E-state index in [0.29, 0.717) is 11.6 Å². The van der Waals surface area contributed by atoms with E-state index < -0.39 is 0 Å². The van der Waals surface area contributed by atoms with Gasteiger partial charge in [-0.3, -0.25) is 0 Å². The molecule has 176 valence electrons. The van der Waals surface area contributed by atoms with Crippen molar-refractivity contribution in [2.45, 2.75) is 13.1 Å². The molecule has 0 radical (unpaired) electrons. The third-order valence-electron chi connectivity index (χ3n) is 5.81. The molecule has 0 aliphatic carbocycles. The van der Waals surface area contributed by atoms with Crippen molar-refractivity contribution in [3.05, 3.63) is 113 Å². The highest BCUT2D eigenvalue weighted by molar-refractivity contribution is 6.33. The predicted octanol–water partition coefficient (Wildman–Crippen LogP) is 6.14. The van der Waals surface area contributed by atoms with Gasteiger partial charge in [0.25, 0.3) is 0 Å². The molecule has 2 N–H and O–H groups in total. The Kier molecular flexibility index (Phi) is 7.02. The monoisotopic (exact) mass is 485 g/mol. The van der Waals surface area contributed by atoms with Crippen molar-refractivity contribution in [3.8, 4) is 11.1 Å². The van der Waals surface area contributed by atoms with E-state index in [1.807, 2.05) is 47.0 Å². The van der Waals surface area contributed by atoms with Crippen molar-refractivity contribution in [1.29, 1.82) is 0 Å². The fourth-order valence-corrected chi connectivity index (χ4v) is 4.26. The molecule has 0 fully saturated rings. The number of nitrogens with one attached hydrogen (secondary N) is 2. The largest absolute Gasteiger partial charge is 0.369 e. The maximum absolute atomic E-state index is 13.6. The van der Waals surface area contributed by atoms with E-state index >= 15 is 0 Å². The first-order valence-electron chi connectivity index (χ1n) is 11.5. The minimum atomic E-state index is -0.244. The second kappa shape index (κ2) is 10.7. The predicted molar refractivity (Wildman–Crippen MR) is 140 cm³/mol. The van der Waals surface area contributed by atoms with Crippen LogP contribution in [0.25, 0.3) is 22.2 Å². The molecule has 0 atom stereocenters. The van der Waals surface area contributed by atoms with Gasteiger partial charge in [0.15, 0.2) is 0 Å². The number of anilines is 1. The Morgan fingerprint density at radius 3 is 2.57 bits per heavy atom. The van der Waals surface area contributed by atoms with Gasteiger partial charge in [-0.1, -0.05) is 60.1 Å². The van der Waals surface area contributed by atoms with Gasteiger partial charge in [-0.15, -0.1) is 0 Å². The van der Waals surface area contributed by atoms with E-state index in [1.165, 1.54) is 11.6 Å². The second-order valence-corrected chi connectivity index (χ2v) is 8.75. The molecule has 35 heavy (non-hydrogen) atoms. The van der Waals surface area contributed by atoms with E-state index in [9.17, 15) is 4.39 Å². The maximum Gasteiger partial charge on any atom is 0.126 e. The number of fused-ring (bicyclic) bond motifs is 1. The van der Waals surface area contributed by atoms with Crippen LogP contribution in [0, 0.1) is 5.82 Å². The van der Waals surface area contributed by atoms with Gasteiger partial charge in [-0.25, -0.2) is 14.4 Å². The topological polar surface area (TPSA) is 54.8 Å². The molecule has 0 amide bonds. The van der Waals surface area contributed by atoms with Crippen LogP contribution >= 0.6 is 11.6 Å². The zero-order valence-corrected chi connectivity index (χ0v) is 19.8. The first kappa shape index (κ1) is 23.0. The SMILES string of the molecule is Fc1cccc(Cn2cnc3ccc(-c4cc(NCCNCc5ccccc5)ncc4Cl)cc32)c1. The van der Waals surface area contributed by atoms with E-state index in [4.69, 9.17) is 11.6 Å². The minimum Gasteiger partial charge on any atom is -0.369 e. The van der Waals surface area contributed by atoms with Gasteiger partial charge in [0.1, 0.15) is 11.6 Å². The molecule has 0 aliphatic heterocycles. The smallest absolute Gasteiger partial charge is 0.126 e. The summed E-state index contributed by atoms with van der Waals surface area (Å²) in [5, 5.41) is 7.37. The van der Waals surface area contributed by atoms with Crippen LogP contribution in [-0.4, -0.2) is 27.6 Å². The molecular weight excluding hydrogens is 461 g/mol. The lowest BCUT2D eigenvalue weighted by Gasteiger charge is -2.11. The number of hydrogen-bond donors (Lipinski definition) is 2. The number of aromatic nitrogens is 3. The highest BCUT2D eigenvalue weighted by Gasteiger charge is 2.10. The normalized spacial score (nSPS) is 11.1. The van der Waals surface area contributed by atoms with Gasteiger partial charge >= 0.3 is 0 Å². The summed E-state index contributed by atoms with van der Waals surface area (Å²) in [5.74, 6) is 0.519. The Balaban J connectivity index is 1.29. The van der Waals surface area contributed by atoms with Crippen molar-refractivity contribution in [1.82, 2.24) is 19.9 Å². The standard InChI is InChI=1S/C28H25ClFN5/c29-25-17-33-28(32-12-11-31-16-20-5-2-1-3-6-20)15-24(25)22-9-10-26-27(14-22)35(19-34-26)18-21-7-4-8-23(30)13-21/h1-10,13-15,17,19,31H,11-12,16,18H2,(H,32,33). The molecule has 7 heteroatoms. The van der Waals surface area contributed by atoms with Crippen LogP contribution in [0.3, 0.4) is 0 Å².